The zero-order valence-corrected chi connectivity index (χ0v) is 13.4. The molecular formula is C13H24N4O2S. The molecule has 6 nitrogen and oxygen atoms in total. The van der Waals surface area contributed by atoms with Gasteiger partial charge in [-0.25, -0.2) is 4.98 Å². The summed E-state index contributed by atoms with van der Waals surface area (Å²) in [6.07, 6.45) is 1.03. The van der Waals surface area contributed by atoms with Crippen molar-refractivity contribution in [3.8, 4) is 0 Å². The minimum Gasteiger partial charge on any atom is -0.382 e. The normalized spacial score (nSPS) is 10.8. The van der Waals surface area contributed by atoms with Gasteiger partial charge in [0.2, 0.25) is 0 Å². The van der Waals surface area contributed by atoms with Crippen LogP contribution < -0.4 is 16.0 Å². The van der Waals surface area contributed by atoms with E-state index in [9.17, 15) is 4.79 Å². The standard InChI is InChI=1S/C13H24N4O2S/c1-9(2)5-7-19-8-6-15-12(18)10-11(14)16-13(20-10)17(3)4/h9H,5-8,14H2,1-4H3,(H,15,18). The summed E-state index contributed by atoms with van der Waals surface area (Å²) >= 11 is 1.28. The van der Waals surface area contributed by atoms with Crippen molar-refractivity contribution in [3.63, 3.8) is 0 Å². The topological polar surface area (TPSA) is 80.5 Å². The summed E-state index contributed by atoms with van der Waals surface area (Å²) in [6.45, 7) is 6.02. The van der Waals surface area contributed by atoms with E-state index in [4.69, 9.17) is 10.5 Å². The van der Waals surface area contributed by atoms with E-state index in [0.717, 1.165) is 18.2 Å². The molecule has 1 rings (SSSR count). The molecule has 0 aromatic carbocycles. The number of aromatic nitrogens is 1. The highest BCUT2D eigenvalue weighted by Gasteiger charge is 2.16. The number of nitrogens with zero attached hydrogens (tertiary/aromatic N) is 2. The number of anilines is 2. The maximum atomic E-state index is 11.9. The van der Waals surface area contributed by atoms with Gasteiger partial charge in [0.05, 0.1) is 6.61 Å². The van der Waals surface area contributed by atoms with Crippen LogP contribution in [0.25, 0.3) is 0 Å². The largest absolute Gasteiger partial charge is 0.382 e. The molecule has 0 radical (unpaired) electrons. The fourth-order valence-corrected chi connectivity index (χ4v) is 2.24. The van der Waals surface area contributed by atoms with Crippen molar-refractivity contribution in [2.75, 3.05) is 44.5 Å². The van der Waals surface area contributed by atoms with Crippen molar-refractivity contribution in [2.45, 2.75) is 20.3 Å². The number of nitrogens with one attached hydrogen (secondary N) is 1. The van der Waals surface area contributed by atoms with Crippen LogP contribution in [0.4, 0.5) is 10.9 Å². The lowest BCUT2D eigenvalue weighted by Crippen LogP contribution is -2.27. The molecule has 114 valence electrons. The fourth-order valence-electron chi connectivity index (χ4n) is 1.41. The number of hydrogen-bond donors (Lipinski definition) is 2. The number of carbonyl (C=O) groups excluding carboxylic acids is 1. The highest BCUT2D eigenvalue weighted by molar-refractivity contribution is 7.18. The maximum absolute atomic E-state index is 11.9. The molecule has 3 N–H and O–H groups in total. The lowest BCUT2D eigenvalue weighted by Gasteiger charge is -2.07. The molecular weight excluding hydrogens is 276 g/mol. The van der Waals surface area contributed by atoms with Crippen LogP contribution in [0.15, 0.2) is 0 Å². The molecule has 0 saturated heterocycles. The molecule has 0 unspecified atom stereocenters. The number of thiazole rings is 1. The zero-order chi connectivity index (χ0) is 15.1. The SMILES string of the molecule is CC(C)CCOCCNC(=O)c1sc(N(C)C)nc1N. The van der Waals surface area contributed by atoms with E-state index >= 15 is 0 Å². The lowest BCUT2D eigenvalue weighted by molar-refractivity contribution is 0.0910. The molecule has 1 aromatic rings. The van der Waals surface area contributed by atoms with E-state index in [1.807, 2.05) is 19.0 Å². The predicted octanol–water partition coefficient (Wildman–Crippen LogP) is 1.58. The Bertz CT molecular complexity index is 432. The van der Waals surface area contributed by atoms with Crippen LogP contribution in [-0.4, -0.2) is 44.7 Å². The van der Waals surface area contributed by atoms with Crippen LogP contribution in [0.5, 0.6) is 0 Å². The van der Waals surface area contributed by atoms with Gasteiger partial charge in [-0.05, 0) is 12.3 Å². The van der Waals surface area contributed by atoms with Crippen LogP contribution in [0, 0.1) is 5.92 Å². The van der Waals surface area contributed by atoms with Crippen LogP contribution in [0.2, 0.25) is 0 Å². The van der Waals surface area contributed by atoms with Gasteiger partial charge in [0, 0.05) is 27.2 Å². The summed E-state index contributed by atoms with van der Waals surface area (Å²) in [5.41, 5.74) is 5.75. The van der Waals surface area contributed by atoms with E-state index in [2.05, 4.69) is 24.1 Å². The van der Waals surface area contributed by atoms with Gasteiger partial charge < -0.3 is 20.7 Å². The summed E-state index contributed by atoms with van der Waals surface area (Å²) in [5.74, 6) is 0.712. The Morgan fingerprint density at radius 1 is 1.45 bits per heavy atom. The average molecular weight is 300 g/mol. The second kappa shape index (κ2) is 8.06. The second-order valence-corrected chi connectivity index (χ2v) is 6.13. The maximum Gasteiger partial charge on any atom is 0.265 e. The van der Waals surface area contributed by atoms with Gasteiger partial charge in [0.1, 0.15) is 10.7 Å². The monoisotopic (exact) mass is 300 g/mol. The Kier molecular flexibility index (Phi) is 6.74. The lowest BCUT2D eigenvalue weighted by atomic mass is 10.1. The zero-order valence-electron chi connectivity index (χ0n) is 12.6. The molecule has 1 amide bonds. The van der Waals surface area contributed by atoms with E-state index in [1.54, 1.807) is 0 Å². The van der Waals surface area contributed by atoms with E-state index in [-0.39, 0.29) is 11.7 Å². The summed E-state index contributed by atoms with van der Waals surface area (Å²) < 4.78 is 5.44. The van der Waals surface area contributed by atoms with E-state index in [0.29, 0.717) is 23.9 Å². The first kappa shape index (κ1) is 16.7. The van der Waals surface area contributed by atoms with Gasteiger partial charge in [0.15, 0.2) is 5.13 Å². The number of amides is 1. The molecule has 0 aliphatic rings. The molecule has 0 saturated carbocycles. The first-order valence-electron chi connectivity index (χ1n) is 6.71. The first-order valence-corrected chi connectivity index (χ1v) is 7.53. The number of hydrogen-bond acceptors (Lipinski definition) is 6. The number of nitrogens with two attached hydrogens (primary N) is 1. The molecule has 0 bridgehead atoms. The third-order valence-corrected chi connectivity index (χ3v) is 3.84. The Morgan fingerprint density at radius 3 is 2.70 bits per heavy atom. The van der Waals surface area contributed by atoms with E-state index in [1.165, 1.54) is 11.3 Å². The summed E-state index contributed by atoms with van der Waals surface area (Å²) in [4.78, 5) is 18.4. The van der Waals surface area contributed by atoms with Crippen molar-refractivity contribution in [1.29, 1.82) is 0 Å². The molecule has 7 heteroatoms. The Balaban J connectivity index is 2.32. The molecule has 0 aliphatic carbocycles. The molecule has 1 aromatic heterocycles. The summed E-state index contributed by atoms with van der Waals surface area (Å²) in [6, 6.07) is 0. The van der Waals surface area contributed by atoms with Crippen molar-refractivity contribution in [1.82, 2.24) is 10.3 Å². The van der Waals surface area contributed by atoms with Gasteiger partial charge in [-0.15, -0.1) is 0 Å². The minimum atomic E-state index is -0.194. The second-order valence-electron chi connectivity index (χ2n) is 5.16. The third kappa shape index (κ3) is 5.34. The number of nitrogen functional groups attached to an aromatic ring is 1. The van der Waals surface area contributed by atoms with Gasteiger partial charge in [-0.2, -0.15) is 0 Å². The summed E-state index contributed by atoms with van der Waals surface area (Å²) in [7, 11) is 3.73. The van der Waals surface area contributed by atoms with Crippen LogP contribution >= 0.6 is 11.3 Å². The van der Waals surface area contributed by atoms with Crippen molar-refractivity contribution < 1.29 is 9.53 Å². The Hall–Kier alpha value is -1.34. The van der Waals surface area contributed by atoms with Gasteiger partial charge >= 0.3 is 0 Å². The minimum absolute atomic E-state index is 0.194. The van der Waals surface area contributed by atoms with E-state index < -0.39 is 0 Å². The first-order chi connectivity index (χ1) is 9.41. The predicted molar refractivity (Wildman–Crippen MR) is 83.5 cm³/mol. The molecule has 0 spiro atoms. The quantitative estimate of drug-likeness (QED) is 0.713. The molecule has 0 fully saturated rings. The highest BCUT2D eigenvalue weighted by atomic mass is 32.1. The third-order valence-electron chi connectivity index (χ3n) is 2.60. The average Bonchev–Trinajstić information content (AvgIpc) is 2.75. The number of ether oxygens (including phenoxy) is 1. The van der Waals surface area contributed by atoms with Crippen molar-refractivity contribution >= 4 is 28.2 Å². The smallest absolute Gasteiger partial charge is 0.265 e. The summed E-state index contributed by atoms with van der Waals surface area (Å²) in [5, 5.41) is 3.51. The highest BCUT2D eigenvalue weighted by Crippen LogP contribution is 2.26. The van der Waals surface area contributed by atoms with Crippen LogP contribution in [0.1, 0.15) is 29.9 Å². The fraction of sp³-hybridized carbons (Fsp3) is 0.692. The van der Waals surface area contributed by atoms with Crippen molar-refractivity contribution in [2.24, 2.45) is 5.92 Å². The van der Waals surface area contributed by atoms with Gasteiger partial charge in [0.25, 0.3) is 5.91 Å². The molecule has 1 heterocycles. The molecule has 0 atom stereocenters. The number of carbonyl (C=O) groups is 1. The number of rotatable bonds is 8. The Labute approximate surface area is 124 Å². The van der Waals surface area contributed by atoms with Crippen LogP contribution in [-0.2, 0) is 4.74 Å². The molecule has 20 heavy (non-hydrogen) atoms. The van der Waals surface area contributed by atoms with Gasteiger partial charge in [-0.3, -0.25) is 4.79 Å². The van der Waals surface area contributed by atoms with Crippen LogP contribution in [0.3, 0.4) is 0 Å². The van der Waals surface area contributed by atoms with Crippen molar-refractivity contribution in [3.05, 3.63) is 4.88 Å². The Morgan fingerprint density at radius 2 is 2.15 bits per heavy atom. The van der Waals surface area contributed by atoms with Gasteiger partial charge in [-0.1, -0.05) is 25.2 Å². The molecule has 0 aliphatic heterocycles.